The van der Waals surface area contributed by atoms with E-state index in [2.05, 4.69) is 20.7 Å². The molecule has 29 heavy (non-hydrogen) atoms. The molecule has 4 aromatic rings. The van der Waals surface area contributed by atoms with E-state index in [9.17, 15) is 9.59 Å². The quantitative estimate of drug-likeness (QED) is 0.480. The SMILES string of the molecule is Cc1ccc(NC(=O)C(=O)NCCc2csc3nc(-c4cccs4)nn23)c(C)c1. The van der Waals surface area contributed by atoms with Gasteiger partial charge >= 0.3 is 11.8 Å². The van der Waals surface area contributed by atoms with Crippen LogP contribution in [0, 0.1) is 13.8 Å². The lowest BCUT2D eigenvalue weighted by Crippen LogP contribution is -2.36. The van der Waals surface area contributed by atoms with E-state index in [0.29, 0.717) is 24.5 Å². The fourth-order valence-electron chi connectivity index (χ4n) is 2.92. The maximum Gasteiger partial charge on any atom is 0.313 e. The Kier molecular flexibility index (Phi) is 5.41. The first-order valence-corrected chi connectivity index (χ1v) is 10.8. The second-order valence-electron chi connectivity index (χ2n) is 6.61. The molecule has 0 fully saturated rings. The van der Waals surface area contributed by atoms with Gasteiger partial charge in [0.15, 0.2) is 5.82 Å². The minimum atomic E-state index is -0.673. The molecule has 0 unspecified atom stereocenters. The molecule has 2 amide bonds. The van der Waals surface area contributed by atoms with E-state index in [1.807, 2.05) is 48.9 Å². The van der Waals surface area contributed by atoms with E-state index in [4.69, 9.17) is 0 Å². The van der Waals surface area contributed by atoms with Crippen molar-refractivity contribution in [1.82, 2.24) is 19.9 Å². The maximum atomic E-state index is 12.1. The summed E-state index contributed by atoms with van der Waals surface area (Å²) in [5, 5.41) is 13.8. The summed E-state index contributed by atoms with van der Waals surface area (Å²) < 4.78 is 1.79. The van der Waals surface area contributed by atoms with Crippen molar-refractivity contribution in [3.63, 3.8) is 0 Å². The van der Waals surface area contributed by atoms with Crippen LogP contribution in [0.4, 0.5) is 5.69 Å². The van der Waals surface area contributed by atoms with Crippen molar-refractivity contribution >= 4 is 45.1 Å². The van der Waals surface area contributed by atoms with Crippen molar-refractivity contribution in [2.24, 2.45) is 0 Å². The maximum absolute atomic E-state index is 12.1. The fourth-order valence-corrected chi connectivity index (χ4v) is 4.43. The summed E-state index contributed by atoms with van der Waals surface area (Å²) in [6.45, 7) is 4.20. The predicted molar refractivity (Wildman–Crippen MR) is 115 cm³/mol. The molecule has 0 bridgehead atoms. The highest BCUT2D eigenvalue weighted by atomic mass is 32.1. The Hall–Kier alpha value is -3.04. The van der Waals surface area contributed by atoms with Crippen LogP contribution in [0.25, 0.3) is 15.7 Å². The van der Waals surface area contributed by atoms with Crippen LogP contribution in [0.5, 0.6) is 0 Å². The van der Waals surface area contributed by atoms with Crippen molar-refractivity contribution in [3.8, 4) is 10.7 Å². The van der Waals surface area contributed by atoms with Gasteiger partial charge in [-0.15, -0.1) is 27.8 Å². The average Bonchev–Trinajstić information content (AvgIpc) is 3.41. The molecule has 3 heterocycles. The highest BCUT2D eigenvalue weighted by Crippen LogP contribution is 2.24. The van der Waals surface area contributed by atoms with Gasteiger partial charge in [0.05, 0.1) is 10.6 Å². The average molecular weight is 426 g/mol. The van der Waals surface area contributed by atoms with Gasteiger partial charge in [0.2, 0.25) is 4.96 Å². The Morgan fingerprint density at radius 2 is 2.00 bits per heavy atom. The third-order valence-electron chi connectivity index (χ3n) is 4.39. The van der Waals surface area contributed by atoms with E-state index in [0.717, 1.165) is 26.7 Å². The van der Waals surface area contributed by atoms with Crippen molar-refractivity contribution in [1.29, 1.82) is 0 Å². The number of benzene rings is 1. The van der Waals surface area contributed by atoms with Crippen LogP contribution in [0.3, 0.4) is 0 Å². The van der Waals surface area contributed by atoms with Gasteiger partial charge in [0.25, 0.3) is 0 Å². The van der Waals surface area contributed by atoms with E-state index in [1.165, 1.54) is 11.3 Å². The van der Waals surface area contributed by atoms with Gasteiger partial charge in [-0.3, -0.25) is 9.59 Å². The highest BCUT2D eigenvalue weighted by Gasteiger charge is 2.16. The molecule has 0 aliphatic rings. The van der Waals surface area contributed by atoms with E-state index >= 15 is 0 Å². The smallest absolute Gasteiger partial charge is 0.313 e. The molecule has 2 N–H and O–H groups in total. The van der Waals surface area contributed by atoms with Crippen LogP contribution in [0.1, 0.15) is 16.8 Å². The van der Waals surface area contributed by atoms with E-state index in [-0.39, 0.29) is 0 Å². The summed E-state index contributed by atoms with van der Waals surface area (Å²) in [6, 6.07) is 9.60. The summed E-state index contributed by atoms with van der Waals surface area (Å²) in [5.74, 6) is -0.632. The van der Waals surface area contributed by atoms with Crippen LogP contribution >= 0.6 is 22.7 Å². The van der Waals surface area contributed by atoms with Crippen molar-refractivity contribution in [2.45, 2.75) is 20.3 Å². The molecule has 1 aromatic carbocycles. The Labute approximate surface area is 175 Å². The second kappa shape index (κ2) is 8.14. The molecule has 3 aromatic heterocycles. The number of nitrogens with one attached hydrogen (secondary N) is 2. The topological polar surface area (TPSA) is 88.4 Å². The van der Waals surface area contributed by atoms with Crippen molar-refractivity contribution in [3.05, 3.63) is 57.9 Å². The Morgan fingerprint density at radius 3 is 2.76 bits per heavy atom. The number of carbonyl (C=O) groups is 2. The number of fused-ring (bicyclic) bond motifs is 1. The molecule has 0 saturated carbocycles. The van der Waals surface area contributed by atoms with Crippen LogP contribution in [0.2, 0.25) is 0 Å². The second-order valence-corrected chi connectivity index (χ2v) is 8.40. The van der Waals surface area contributed by atoms with Crippen molar-refractivity contribution < 1.29 is 9.59 Å². The number of anilines is 1. The minimum Gasteiger partial charge on any atom is -0.347 e. The van der Waals surface area contributed by atoms with Gasteiger partial charge < -0.3 is 10.6 Å². The van der Waals surface area contributed by atoms with Crippen LogP contribution < -0.4 is 10.6 Å². The summed E-state index contributed by atoms with van der Waals surface area (Å²) in [5.41, 5.74) is 3.59. The Balaban J connectivity index is 1.34. The lowest BCUT2D eigenvalue weighted by atomic mass is 10.1. The van der Waals surface area contributed by atoms with Gasteiger partial charge in [0, 0.05) is 24.0 Å². The largest absolute Gasteiger partial charge is 0.347 e. The first-order valence-electron chi connectivity index (χ1n) is 9.05. The summed E-state index contributed by atoms with van der Waals surface area (Å²) in [6.07, 6.45) is 0.551. The van der Waals surface area contributed by atoms with Gasteiger partial charge in [-0.1, -0.05) is 23.8 Å². The lowest BCUT2D eigenvalue weighted by Gasteiger charge is -2.09. The molecule has 0 aliphatic heterocycles. The number of aromatic nitrogens is 3. The zero-order valence-corrected chi connectivity index (χ0v) is 17.6. The summed E-state index contributed by atoms with van der Waals surface area (Å²) >= 11 is 3.10. The molecular formula is C20H19N5O2S2. The molecule has 9 heteroatoms. The number of thiazole rings is 1. The first kappa shape index (κ1) is 19.3. The molecule has 0 radical (unpaired) electrons. The summed E-state index contributed by atoms with van der Waals surface area (Å²) in [4.78, 5) is 30.6. The molecule has 148 valence electrons. The Morgan fingerprint density at radius 1 is 1.14 bits per heavy atom. The zero-order chi connectivity index (χ0) is 20.4. The number of carbonyl (C=O) groups excluding carboxylic acids is 2. The van der Waals surface area contributed by atoms with Crippen molar-refractivity contribution in [2.75, 3.05) is 11.9 Å². The molecule has 0 aliphatic carbocycles. The predicted octanol–water partition coefficient (Wildman–Crippen LogP) is 3.43. The zero-order valence-electron chi connectivity index (χ0n) is 15.9. The minimum absolute atomic E-state index is 0.333. The number of rotatable bonds is 5. The molecule has 7 nitrogen and oxygen atoms in total. The van der Waals surface area contributed by atoms with Crippen LogP contribution in [-0.2, 0) is 16.0 Å². The monoisotopic (exact) mass is 425 g/mol. The van der Waals surface area contributed by atoms with Gasteiger partial charge in [0.1, 0.15) is 0 Å². The molecule has 4 rings (SSSR count). The fraction of sp³-hybridized carbons (Fsp3) is 0.200. The summed E-state index contributed by atoms with van der Waals surface area (Å²) in [7, 11) is 0. The lowest BCUT2D eigenvalue weighted by molar-refractivity contribution is -0.136. The first-order chi connectivity index (χ1) is 14.0. The number of hydrogen-bond acceptors (Lipinski definition) is 6. The standard InChI is InChI=1S/C20H19N5O2S2/c1-12-5-6-15(13(2)10-12)22-19(27)18(26)21-8-7-14-11-29-20-23-17(24-25(14)20)16-4-3-9-28-16/h3-6,9-11H,7-8H2,1-2H3,(H,21,26)(H,22,27). The van der Waals surface area contributed by atoms with Crippen LogP contribution in [-0.4, -0.2) is 33.0 Å². The van der Waals surface area contributed by atoms with E-state index < -0.39 is 11.8 Å². The van der Waals surface area contributed by atoms with Crippen LogP contribution in [0.15, 0.2) is 41.1 Å². The molecule has 0 saturated heterocycles. The number of hydrogen-bond donors (Lipinski definition) is 2. The number of aryl methyl sites for hydroxylation is 2. The highest BCUT2D eigenvalue weighted by molar-refractivity contribution is 7.15. The normalized spacial score (nSPS) is 11.0. The van der Waals surface area contributed by atoms with Gasteiger partial charge in [-0.05, 0) is 36.9 Å². The number of amides is 2. The number of nitrogens with zero attached hydrogens (tertiary/aromatic N) is 3. The third kappa shape index (κ3) is 4.20. The number of thiophene rings is 1. The van der Waals surface area contributed by atoms with E-state index in [1.54, 1.807) is 21.9 Å². The van der Waals surface area contributed by atoms with Gasteiger partial charge in [-0.2, -0.15) is 4.98 Å². The molecule has 0 atom stereocenters. The molecule has 0 spiro atoms. The Bertz CT molecular complexity index is 1180. The van der Waals surface area contributed by atoms with Gasteiger partial charge in [-0.25, -0.2) is 4.52 Å². The molecular weight excluding hydrogens is 406 g/mol. The third-order valence-corrected chi connectivity index (χ3v) is 6.13.